The minimum absolute atomic E-state index is 0.0668. The molecule has 0 fully saturated rings. The molecule has 0 unspecified atom stereocenters. The summed E-state index contributed by atoms with van der Waals surface area (Å²) in [7, 11) is 0. The van der Waals surface area contributed by atoms with E-state index in [0.29, 0.717) is 0 Å². The highest BCUT2D eigenvalue weighted by Gasteiger charge is 2.46. The molecule has 0 amide bonds. The highest BCUT2D eigenvalue weighted by Crippen LogP contribution is 2.50. The van der Waals surface area contributed by atoms with Gasteiger partial charge in [0, 0.05) is 42.4 Å². The van der Waals surface area contributed by atoms with Gasteiger partial charge in [0.2, 0.25) is 0 Å². The van der Waals surface area contributed by atoms with Crippen molar-refractivity contribution < 1.29 is 0 Å². The Morgan fingerprint density at radius 2 is 1.05 bits per heavy atom. The van der Waals surface area contributed by atoms with Gasteiger partial charge < -0.3 is 9.80 Å². The van der Waals surface area contributed by atoms with Crippen molar-refractivity contribution in [2.24, 2.45) is 0 Å². The fourth-order valence-electron chi connectivity index (χ4n) is 10.5. The van der Waals surface area contributed by atoms with Crippen LogP contribution in [-0.4, -0.2) is 6.71 Å². The summed E-state index contributed by atoms with van der Waals surface area (Å²) >= 11 is 3.89. The van der Waals surface area contributed by atoms with Crippen LogP contribution in [0.4, 0.5) is 34.1 Å². The Hall–Kier alpha value is -6.14. The second-order valence-electron chi connectivity index (χ2n) is 18.9. The van der Waals surface area contributed by atoms with Gasteiger partial charge in [0.15, 0.2) is 0 Å². The first-order valence-electron chi connectivity index (χ1n) is 22.6. The maximum Gasteiger partial charge on any atom is 0.277 e. The monoisotopic (exact) mass is 848 g/mol. The first kappa shape index (κ1) is 38.5. The highest BCUT2D eigenvalue weighted by molar-refractivity contribution is 7.38. The van der Waals surface area contributed by atoms with Gasteiger partial charge in [0.05, 0.1) is 11.4 Å². The lowest BCUT2D eigenvalue weighted by molar-refractivity contribution is 0.506. The molecule has 0 radical (unpaired) electrons. The maximum atomic E-state index is 2.60. The first-order chi connectivity index (χ1) is 30.7. The number of nitrogens with zero attached hydrogens (tertiary/aromatic N) is 2. The summed E-state index contributed by atoms with van der Waals surface area (Å²) in [6, 6.07) is 60.1. The van der Waals surface area contributed by atoms with Crippen LogP contribution in [0.15, 0.2) is 163 Å². The molecule has 63 heavy (non-hydrogen) atoms. The standard InChI is InChI=1S/C58H49BN2S2/c1-7-57(3,4)37-25-30-39(31-26-37)60-48-21-14-22-49-53(48)59(55-50(60)33-34-62-55)56-54(47-35-38(58(5,6)8-2)27-32-51(47)63-56)61(49)40-28-23-36(24-29-40)41-19-13-20-46-44-16-10-9-15-42(44)43-17-11-12-18-45(43)52(41)46/h9-35H,7-8H2,1-6H3. The molecule has 0 saturated carbocycles. The van der Waals surface area contributed by atoms with E-state index >= 15 is 0 Å². The molecule has 306 valence electrons. The summed E-state index contributed by atoms with van der Waals surface area (Å²) in [5.74, 6) is 0. The third kappa shape index (κ3) is 5.68. The predicted molar refractivity (Wildman–Crippen MR) is 278 cm³/mol. The Morgan fingerprint density at radius 3 is 1.73 bits per heavy atom. The molecule has 0 bridgehead atoms. The topological polar surface area (TPSA) is 6.48 Å². The Labute approximate surface area is 379 Å². The van der Waals surface area contributed by atoms with Gasteiger partial charge in [-0.3, -0.25) is 0 Å². The van der Waals surface area contributed by atoms with Crippen LogP contribution in [-0.2, 0) is 10.8 Å². The van der Waals surface area contributed by atoms with Crippen LogP contribution in [0.5, 0.6) is 0 Å². The minimum atomic E-state index is 0.0668. The molecule has 10 aromatic rings. The summed E-state index contributed by atoms with van der Waals surface area (Å²) < 4.78 is 4.19. The van der Waals surface area contributed by atoms with Gasteiger partial charge in [-0.05, 0) is 144 Å². The molecule has 8 aromatic carbocycles. The Kier molecular flexibility index (Phi) is 8.68. The van der Waals surface area contributed by atoms with Crippen LogP contribution < -0.4 is 24.8 Å². The maximum absolute atomic E-state index is 2.60. The van der Waals surface area contributed by atoms with Gasteiger partial charge in [0.1, 0.15) is 0 Å². The van der Waals surface area contributed by atoms with Crippen LogP contribution in [0.3, 0.4) is 0 Å². The van der Waals surface area contributed by atoms with Crippen molar-refractivity contribution in [2.45, 2.75) is 65.2 Å². The molecular weight excluding hydrogens is 800 g/mol. The second kappa shape index (κ2) is 14.2. The zero-order valence-electron chi connectivity index (χ0n) is 36.8. The van der Waals surface area contributed by atoms with Gasteiger partial charge in [-0.1, -0.05) is 145 Å². The molecule has 2 nitrogen and oxygen atoms in total. The van der Waals surface area contributed by atoms with Crippen LogP contribution in [0.1, 0.15) is 65.5 Å². The normalized spacial score (nSPS) is 13.6. The van der Waals surface area contributed by atoms with Gasteiger partial charge in [-0.2, -0.15) is 11.3 Å². The number of fused-ring (bicyclic) bond motifs is 12. The van der Waals surface area contributed by atoms with E-state index in [1.165, 1.54) is 114 Å². The van der Waals surface area contributed by atoms with Crippen molar-refractivity contribution in [1.82, 2.24) is 0 Å². The fraction of sp³-hybridized carbons (Fsp3) is 0.172. The second-order valence-corrected chi connectivity index (χ2v) is 20.9. The van der Waals surface area contributed by atoms with Crippen LogP contribution in [0.25, 0.3) is 53.5 Å². The lowest BCUT2D eigenvalue weighted by Gasteiger charge is -2.42. The summed E-state index contributed by atoms with van der Waals surface area (Å²) in [5, 5.41) is 11.5. The summed E-state index contributed by atoms with van der Waals surface area (Å²) in [5.41, 5.74) is 14.4. The number of thiophene rings is 2. The van der Waals surface area contributed by atoms with Crippen LogP contribution in [0.2, 0.25) is 0 Å². The summed E-state index contributed by atoms with van der Waals surface area (Å²) in [6.45, 7) is 14.2. The number of hydrogen-bond acceptors (Lipinski definition) is 4. The quantitative estimate of drug-likeness (QED) is 0.116. The van der Waals surface area contributed by atoms with Gasteiger partial charge >= 0.3 is 0 Å². The molecule has 12 rings (SSSR count). The minimum Gasteiger partial charge on any atom is -0.311 e. The largest absolute Gasteiger partial charge is 0.311 e. The molecule has 4 heterocycles. The van der Waals surface area contributed by atoms with Gasteiger partial charge in [0.25, 0.3) is 6.71 Å². The molecule has 0 N–H and O–H groups in total. The smallest absolute Gasteiger partial charge is 0.277 e. The van der Waals surface area contributed by atoms with Crippen molar-refractivity contribution in [2.75, 3.05) is 9.80 Å². The number of rotatable bonds is 7. The predicted octanol–water partition coefficient (Wildman–Crippen LogP) is 15.5. The molecule has 5 heteroatoms. The molecule has 2 aromatic heterocycles. The zero-order valence-corrected chi connectivity index (χ0v) is 38.4. The average molecular weight is 849 g/mol. The highest BCUT2D eigenvalue weighted by atomic mass is 32.1. The van der Waals surface area contributed by atoms with Crippen LogP contribution in [0, 0.1) is 0 Å². The Bertz CT molecular complexity index is 3400. The third-order valence-electron chi connectivity index (χ3n) is 14.8. The molecule has 0 aliphatic carbocycles. The molecule has 0 spiro atoms. The molecular formula is C58H49BN2S2. The van der Waals surface area contributed by atoms with E-state index < -0.39 is 0 Å². The van der Waals surface area contributed by atoms with E-state index in [-0.39, 0.29) is 17.5 Å². The fourth-order valence-corrected chi connectivity index (χ4v) is 12.9. The summed E-state index contributed by atoms with van der Waals surface area (Å²) in [6.07, 6.45) is 2.18. The van der Waals surface area contributed by atoms with E-state index in [1.54, 1.807) is 0 Å². The third-order valence-corrected chi connectivity index (χ3v) is 17.0. The van der Waals surface area contributed by atoms with Gasteiger partial charge in [-0.15, -0.1) is 11.3 Å². The van der Waals surface area contributed by atoms with E-state index in [1.807, 2.05) is 22.7 Å². The number of hydrogen-bond donors (Lipinski definition) is 0. The lowest BCUT2D eigenvalue weighted by atomic mass is 9.39. The first-order valence-corrected chi connectivity index (χ1v) is 24.3. The van der Waals surface area contributed by atoms with E-state index in [2.05, 4.69) is 214 Å². The number of anilines is 6. The summed E-state index contributed by atoms with van der Waals surface area (Å²) in [4.78, 5) is 5.13. The number of benzene rings is 8. The van der Waals surface area contributed by atoms with Crippen LogP contribution >= 0.6 is 22.7 Å². The average Bonchev–Trinajstić information content (AvgIpc) is 3.97. The Morgan fingerprint density at radius 1 is 0.492 bits per heavy atom. The molecule has 2 aliphatic heterocycles. The molecule has 0 atom stereocenters. The van der Waals surface area contributed by atoms with E-state index in [4.69, 9.17) is 0 Å². The van der Waals surface area contributed by atoms with E-state index in [9.17, 15) is 0 Å². The van der Waals surface area contributed by atoms with Crippen molar-refractivity contribution in [3.8, 4) is 11.1 Å². The lowest BCUT2D eigenvalue weighted by Crippen LogP contribution is -2.59. The molecule has 2 aliphatic rings. The van der Waals surface area contributed by atoms with Crippen molar-refractivity contribution >= 4 is 121 Å². The van der Waals surface area contributed by atoms with E-state index in [0.717, 1.165) is 12.8 Å². The Balaban J connectivity index is 1.07. The van der Waals surface area contributed by atoms with Crippen molar-refractivity contribution in [3.05, 3.63) is 174 Å². The van der Waals surface area contributed by atoms with Crippen molar-refractivity contribution in [3.63, 3.8) is 0 Å². The van der Waals surface area contributed by atoms with Crippen molar-refractivity contribution in [1.29, 1.82) is 0 Å². The van der Waals surface area contributed by atoms with Gasteiger partial charge in [-0.25, -0.2) is 0 Å². The SMILES string of the molecule is CCC(C)(C)c1ccc(N2c3ccsc3B3c4sc5ccc(C(C)(C)CC)cc5c4N(c4ccc(-c5cccc6c7ccccc7c7ccccc7c56)cc4)c4cccc2c43)cc1. The zero-order chi connectivity index (χ0) is 42.8. The molecule has 0 saturated heterocycles.